The van der Waals surface area contributed by atoms with E-state index < -0.39 is 0 Å². The largest absolute Gasteiger partial charge is 0.494 e. The first kappa shape index (κ1) is 21.6. The molecule has 1 fully saturated rings. The van der Waals surface area contributed by atoms with Crippen LogP contribution in [-0.2, 0) is 14.7 Å². The summed E-state index contributed by atoms with van der Waals surface area (Å²) in [4.78, 5) is 0. The summed E-state index contributed by atoms with van der Waals surface area (Å²) < 4.78 is 11.7. The molecule has 2 nitrogen and oxygen atoms in total. The first-order valence-corrected chi connectivity index (χ1v) is 12.3. The molecule has 1 aliphatic heterocycles. The number of unbranched alkanes of at least 4 members (excludes halogenated alkanes) is 6. The lowest BCUT2D eigenvalue weighted by atomic mass is 9.68. The van der Waals surface area contributed by atoms with Gasteiger partial charge in [-0.2, -0.15) is 0 Å². The van der Waals surface area contributed by atoms with Crippen LogP contribution in [0.2, 0.25) is 0 Å². The summed E-state index contributed by atoms with van der Waals surface area (Å²) in [6.45, 7) is 5.99. The number of hydrogen-bond donors (Lipinski definition) is 0. The minimum Gasteiger partial charge on any atom is -0.405 e. The molecule has 1 aliphatic carbocycles. The number of fused-ring (bicyclic) bond motifs is 3. The van der Waals surface area contributed by atoms with Gasteiger partial charge in [0.1, 0.15) is 0 Å². The fraction of sp³-hybridized carbons (Fsp3) is 0.556. The van der Waals surface area contributed by atoms with Gasteiger partial charge in [0.05, 0.1) is 13.2 Å². The predicted octanol–water partition coefficient (Wildman–Crippen LogP) is 6.64. The number of hydrogen-bond acceptors (Lipinski definition) is 2. The Hall–Kier alpha value is -1.58. The van der Waals surface area contributed by atoms with Gasteiger partial charge in [-0.3, -0.25) is 0 Å². The quantitative estimate of drug-likeness (QED) is 0.309. The van der Waals surface area contributed by atoms with Crippen molar-refractivity contribution in [1.82, 2.24) is 0 Å². The Labute approximate surface area is 183 Å². The van der Waals surface area contributed by atoms with E-state index in [1.807, 2.05) is 0 Å². The van der Waals surface area contributed by atoms with Gasteiger partial charge < -0.3 is 9.31 Å². The van der Waals surface area contributed by atoms with E-state index in [-0.39, 0.29) is 12.5 Å². The van der Waals surface area contributed by atoms with Crippen LogP contribution >= 0.6 is 0 Å². The molecule has 160 valence electrons. The van der Waals surface area contributed by atoms with Crippen LogP contribution < -0.4 is 5.46 Å². The van der Waals surface area contributed by atoms with Crippen LogP contribution in [-0.4, -0.2) is 20.3 Å². The van der Waals surface area contributed by atoms with E-state index >= 15 is 0 Å². The van der Waals surface area contributed by atoms with Gasteiger partial charge >= 0.3 is 7.12 Å². The summed E-state index contributed by atoms with van der Waals surface area (Å²) in [5.41, 5.74) is 7.27. The van der Waals surface area contributed by atoms with Crippen molar-refractivity contribution in [3.63, 3.8) is 0 Å². The molecule has 0 unspecified atom stereocenters. The number of rotatable bonds is 11. The van der Waals surface area contributed by atoms with Gasteiger partial charge in [0.25, 0.3) is 0 Å². The molecule has 30 heavy (non-hydrogen) atoms. The maximum atomic E-state index is 5.85. The highest BCUT2D eigenvalue weighted by atomic mass is 16.6. The molecule has 0 aromatic heterocycles. The van der Waals surface area contributed by atoms with Gasteiger partial charge in [-0.25, -0.2) is 0 Å². The fourth-order valence-corrected chi connectivity index (χ4v) is 5.54. The average molecular weight is 404 g/mol. The van der Waals surface area contributed by atoms with E-state index in [1.165, 1.54) is 86.4 Å². The first-order chi connectivity index (χ1) is 14.8. The molecule has 0 saturated carbocycles. The normalized spacial score (nSPS) is 16.7. The fourth-order valence-electron chi connectivity index (χ4n) is 5.54. The third kappa shape index (κ3) is 4.25. The van der Waals surface area contributed by atoms with Crippen molar-refractivity contribution < 1.29 is 9.31 Å². The molecule has 0 atom stereocenters. The van der Waals surface area contributed by atoms with Gasteiger partial charge in [0, 0.05) is 5.41 Å². The lowest BCUT2D eigenvalue weighted by Gasteiger charge is -2.33. The summed E-state index contributed by atoms with van der Waals surface area (Å²) >= 11 is 0. The Balaban J connectivity index is 1.72. The maximum absolute atomic E-state index is 5.85. The smallest absolute Gasteiger partial charge is 0.405 e. The van der Waals surface area contributed by atoms with Crippen LogP contribution in [0, 0.1) is 0 Å². The minimum absolute atomic E-state index is 0.141. The Bertz CT molecular complexity index is 813. The van der Waals surface area contributed by atoms with E-state index in [2.05, 4.69) is 56.3 Å². The van der Waals surface area contributed by atoms with E-state index in [0.717, 1.165) is 0 Å². The highest BCUT2D eigenvalue weighted by molar-refractivity contribution is 6.61. The summed E-state index contributed by atoms with van der Waals surface area (Å²) in [6, 6.07) is 16.1. The molecular formula is C27H37BO2. The molecular weight excluding hydrogens is 367 g/mol. The van der Waals surface area contributed by atoms with E-state index in [4.69, 9.17) is 9.31 Å². The third-order valence-corrected chi connectivity index (χ3v) is 7.10. The highest BCUT2D eigenvalue weighted by Gasteiger charge is 2.43. The van der Waals surface area contributed by atoms with Gasteiger partial charge in [0.2, 0.25) is 0 Å². The summed E-state index contributed by atoms with van der Waals surface area (Å²) in [6.07, 6.45) is 13.0. The van der Waals surface area contributed by atoms with Gasteiger partial charge in [-0.15, -0.1) is 0 Å². The van der Waals surface area contributed by atoms with Crippen molar-refractivity contribution in [2.45, 2.75) is 83.5 Å². The van der Waals surface area contributed by atoms with Crippen LogP contribution in [0.25, 0.3) is 11.1 Å². The second-order valence-corrected chi connectivity index (χ2v) is 9.13. The molecule has 1 saturated heterocycles. The third-order valence-electron chi connectivity index (χ3n) is 7.10. The topological polar surface area (TPSA) is 18.5 Å². The molecule has 0 amide bonds. The molecule has 2 aliphatic rings. The Morgan fingerprint density at radius 3 is 2.03 bits per heavy atom. The standard InChI is InChI=1S/C27H37BO2/c1-3-5-7-11-17-27(18-12-8-6-4-2)25-14-10-9-13-23(25)24-16-15-22(21-26(24)27)28-29-19-20-30-28/h9-10,13-16,21H,3-8,11-12,17-20H2,1-2H3. The molecule has 3 heteroatoms. The van der Waals surface area contributed by atoms with Crippen LogP contribution in [0.1, 0.15) is 89.2 Å². The first-order valence-electron chi connectivity index (χ1n) is 12.3. The second kappa shape index (κ2) is 10.2. The molecule has 4 rings (SSSR count). The van der Waals surface area contributed by atoms with Crippen molar-refractivity contribution in [2.24, 2.45) is 0 Å². The van der Waals surface area contributed by atoms with Crippen LogP contribution in [0.15, 0.2) is 42.5 Å². The van der Waals surface area contributed by atoms with Gasteiger partial charge in [0.15, 0.2) is 0 Å². The molecule has 0 N–H and O–H groups in total. The molecule has 1 heterocycles. The van der Waals surface area contributed by atoms with Gasteiger partial charge in [-0.1, -0.05) is 108 Å². The van der Waals surface area contributed by atoms with Crippen LogP contribution in [0.4, 0.5) is 0 Å². The van der Waals surface area contributed by atoms with E-state index in [1.54, 1.807) is 5.56 Å². The summed E-state index contributed by atoms with van der Waals surface area (Å²) in [7, 11) is -0.197. The molecule has 2 aromatic carbocycles. The average Bonchev–Trinajstić information content (AvgIpc) is 3.41. The zero-order valence-corrected chi connectivity index (χ0v) is 18.9. The lowest BCUT2D eigenvalue weighted by Crippen LogP contribution is -2.34. The number of benzene rings is 2. The van der Waals surface area contributed by atoms with Crippen molar-refractivity contribution in [3.05, 3.63) is 53.6 Å². The second-order valence-electron chi connectivity index (χ2n) is 9.13. The van der Waals surface area contributed by atoms with Crippen molar-refractivity contribution in [2.75, 3.05) is 13.2 Å². The maximum Gasteiger partial charge on any atom is 0.494 e. The van der Waals surface area contributed by atoms with Crippen molar-refractivity contribution in [1.29, 1.82) is 0 Å². The molecule has 0 spiro atoms. The molecule has 0 bridgehead atoms. The Kier molecular flexibility index (Phi) is 7.33. The van der Waals surface area contributed by atoms with E-state index in [0.29, 0.717) is 13.2 Å². The SMILES string of the molecule is CCCCCCC1(CCCCCC)c2ccccc2-c2ccc(B3OCCO3)cc21. The lowest BCUT2D eigenvalue weighted by molar-refractivity contribution is 0.365. The van der Waals surface area contributed by atoms with Gasteiger partial charge in [-0.05, 0) is 40.6 Å². The highest BCUT2D eigenvalue weighted by Crippen LogP contribution is 2.53. The summed E-state index contributed by atoms with van der Waals surface area (Å²) in [5, 5.41) is 0. The van der Waals surface area contributed by atoms with E-state index in [9.17, 15) is 0 Å². The van der Waals surface area contributed by atoms with Crippen LogP contribution in [0.5, 0.6) is 0 Å². The molecule has 0 radical (unpaired) electrons. The zero-order chi connectivity index (χ0) is 20.8. The van der Waals surface area contributed by atoms with Crippen molar-refractivity contribution >= 4 is 12.6 Å². The monoisotopic (exact) mass is 404 g/mol. The Morgan fingerprint density at radius 1 is 0.733 bits per heavy atom. The minimum atomic E-state index is -0.197. The predicted molar refractivity (Wildman–Crippen MR) is 127 cm³/mol. The molecule has 2 aromatic rings. The summed E-state index contributed by atoms with van der Waals surface area (Å²) in [5.74, 6) is 0. The van der Waals surface area contributed by atoms with Crippen LogP contribution in [0.3, 0.4) is 0 Å². The zero-order valence-electron chi connectivity index (χ0n) is 18.9. The Morgan fingerprint density at radius 2 is 1.37 bits per heavy atom. The van der Waals surface area contributed by atoms with Crippen molar-refractivity contribution in [3.8, 4) is 11.1 Å².